The molecule has 2 aromatic heterocycles. The number of fused-ring (bicyclic) bond motifs is 7. The molecule has 0 radical (unpaired) electrons. The summed E-state index contributed by atoms with van der Waals surface area (Å²) in [6.07, 6.45) is 21.3. The number of hydrogen-bond donors (Lipinski definition) is 5. The van der Waals surface area contributed by atoms with Crippen molar-refractivity contribution in [3.8, 4) is 0 Å². The van der Waals surface area contributed by atoms with Crippen LogP contribution in [-0.4, -0.2) is 128 Å². The number of nitrogens with one attached hydrogen (secondary N) is 2. The van der Waals surface area contributed by atoms with Crippen molar-refractivity contribution in [1.29, 1.82) is 0 Å². The van der Waals surface area contributed by atoms with E-state index in [-0.39, 0.29) is 54.6 Å². The van der Waals surface area contributed by atoms with Gasteiger partial charge in [-0.1, -0.05) is 82.5 Å². The molecule has 6 aromatic rings. The fourth-order valence-electron chi connectivity index (χ4n) is 12.8. The number of unbranched alkanes of at least 4 members (excludes halogenated alkanes) is 3. The van der Waals surface area contributed by atoms with Crippen LogP contribution in [0.4, 0.5) is 17.2 Å². The molecule has 3 aliphatic rings. The Hall–Kier alpha value is -6.77. The predicted octanol–water partition coefficient (Wildman–Crippen LogP) is 10.4. The van der Waals surface area contributed by atoms with Crippen LogP contribution in [0.3, 0.4) is 0 Å². The van der Waals surface area contributed by atoms with Gasteiger partial charge in [0, 0.05) is 97.6 Å². The van der Waals surface area contributed by atoms with Gasteiger partial charge in [-0.25, -0.2) is 27.7 Å². The third-order valence-electron chi connectivity index (χ3n) is 17.4. The molecule has 0 saturated heterocycles. The molecule has 0 fully saturated rings. The number of allylic oxidation sites excluding steroid dienone is 6. The van der Waals surface area contributed by atoms with Crippen LogP contribution in [0.5, 0.6) is 0 Å². The maximum Gasteiger partial charge on any atom is 0.294 e. The summed E-state index contributed by atoms with van der Waals surface area (Å²) in [6, 6.07) is 18.7. The number of carbonyl (C=O) groups is 1. The van der Waals surface area contributed by atoms with Gasteiger partial charge in [0.05, 0.1) is 21.0 Å². The van der Waals surface area contributed by atoms with Crippen LogP contribution in [0.15, 0.2) is 125 Å². The molecule has 0 bridgehead atoms. The molecule has 20 nitrogen and oxygen atoms in total. The van der Waals surface area contributed by atoms with Crippen LogP contribution in [0.1, 0.15) is 138 Å². The number of nitrogens with zero attached hydrogens (tertiary/aromatic N) is 6. The Morgan fingerprint density at radius 2 is 1.54 bits per heavy atom. The number of hydrogen-bond acceptors (Lipinski definition) is 14. The molecule has 0 saturated carbocycles. The van der Waals surface area contributed by atoms with Crippen LogP contribution < -0.4 is 15.5 Å². The number of sulfonamides is 1. The Kier molecular flexibility index (Phi) is 20.2. The van der Waals surface area contributed by atoms with Gasteiger partial charge in [-0.2, -0.15) is 29.8 Å². The number of carbonyl (C=O) groups excluding carboxylic acids is 1. The lowest BCUT2D eigenvalue weighted by atomic mass is 9.79. The molecule has 476 valence electrons. The average Bonchev–Trinajstić information content (AvgIpc) is 1.80. The lowest BCUT2D eigenvalue weighted by Gasteiger charge is -2.27. The lowest BCUT2D eigenvalue weighted by molar-refractivity contribution is -0.432. The minimum Gasteiger partial charge on any atom is -0.370 e. The first-order valence-electron chi connectivity index (χ1n) is 30.2. The van der Waals surface area contributed by atoms with E-state index in [9.17, 15) is 52.1 Å². The van der Waals surface area contributed by atoms with Crippen LogP contribution in [0, 0.1) is 6.92 Å². The zero-order chi connectivity index (χ0) is 64.3. The second-order valence-electron chi connectivity index (χ2n) is 24.5. The Morgan fingerprint density at radius 3 is 2.27 bits per heavy atom. The van der Waals surface area contributed by atoms with Gasteiger partial charge in [0.1, 0.15) is 17.4 Å². The van der Waals surface area contributed by atoms with Crippen molar-refractivity contribution in [2.45, 2.75) is 145 Å². The molecule has 4 aromatic carbocycles. The van der Waals surface area contributed by atoms with Crippen molar-refractivity contribution >= 4 is 90.7 Å². The van der Waals surface area contributed by atoms with Crippen molar-refractivity contribution in [3.05, 3.63) is 155 Å². The quantitative estimate of drug-likeness (QED) is 0.0139. The molecule has 24 heteroatoms. The van der Waals surface area contributed by atoms with Gasteiger partial charge in [0.2, 0.25) is 21.6 Å². The van der Waals surface area contributed by atoms with Gasteiger partial charge >= 0.3 is 0 Å². The maximum absolute atomic E-state index is 14.6. The highest BCUT2D eigenvalue weighted by molar-refractivity contribution is 7.89. The SMILES string of the molecule is Cc1ncc([C@H](C)CCCCCCc2nc3c(cc2CNC(=O)CCCN(C)S(=O)(=O)c2cccc4c5c(ccc24)N(CCCS(=O)(=O)O)/C(=C/C=C/C=C/C2=[N+](CCS(=O)(=O)O)c4ccc6ccc(S(=O)(=O)O)cc6c4C2(C)C)C5(C)C)CCCN3)cn1. The summed E-state index contributed by atoms with van der Waals surface area (Å²) in [5.41, 5.74) is 6.81. The van der Waals surface area contributed by atoms with E-state index >= 15 is 0 Å². The molecular formula is C65H81N8O12S4+. The van der Waals surface area contributed by atoms with E-state index in [0.717, 1.165) is 109 Å². The Labute approximate surface area is 523 Å². The molecule has 5 heterocycles. The molecule has 9 rings (SSSR count). The highest BCUT2D eigenvalue weighted by Gasteiger charge is 2.46. The molecule has 0 aliphatic carbocycles. The maximum atomic E-state index is 14.6. The minimum atomic E-state index is -4.56. The van der Waals surface area contributed by atoms with E-state index in [0.29, 0.717) is 51.0 Å². The van der Waals surface area contributed by atoms with Crippen molar-refractivity contribution in [1.82, 2.24) is 24.6 Å². The number of amides is 1. The molecule has 0 spiro atoms. The second-order valence-corrected chi connectivity index (χ2v) is 31.1. The summed E-state index contributed by atoms with van der Waals surface area (Å²) in [7, 11) is -15.9. The minimum absolute atomic E-state index is 0.0651. The molecule has 89 heavy (non-hydrogen) atoms. The molecule has 1 amide bonds. The smallest absolute Gasteiger partial charge is 0.294 e. The molecular weight excluding hydrogens is 1210 g/mol. The molecule has 3 aliphatic heterocycles. The van der Waals surface area contributed by atoms with Crippen molar-refractivity contribution in [2.75, 3.05) is 54.9 Å². The lowest BCUT2D eigenvalue weighted by Crippen LogP contribution is -2.30. The number of benzene rings is 4. The Balaban J connectivity index is 0.889. The number of anilines is 2. The summed E-state index contributed by atoms with van der Waals surface area (Å²) < 4.78 is 134. The zero-order valence-corrected chi connectivity index (χ0v) is 54.8. The fourth-order valence-corrected chi connectivity index (χ4v) is 15.6. The van der Waals surface area contributed by atoms with Crippen LogP contribution in [0.25, 0.3) is 21.5 Å². The van der Waals surface area contributed by atoms with E-state index < -0.39 is 62.7 Å². The van der Waals surface area contributed by atoms with Crippen LogP contribution in [0.2, 0.25) is 0 Å². The summed E-state index contributed by atoms with van der Waals surface area (Å²) in [5.74, 6) is 0.789. The number of aromatic nitrogens is 3. The van der Waals surface area contributed by atoms with Crippen molar-refractivity contribution < 1.29 is 56.7 Å². The summed E-state index contributed by atoms with van der Waals surface area (Å²) in [4.78, 5) is 28.9. The monoisotopic (exact) mass is 1290 g/mol. The van der Waals surface area contributed by atoms with E-state index in [1.54, 1.807) is 65.3 Å². The third-order valence-corrected chi connectivity index (χ3v) is 21.7. The van der Waals surface area contributed by atoms with Gasteiger partial charge in [-0.05, 0) is 153 Å². The summed E-state index contributed by atoms with van der Waals surface area (Å²) in [5, 5.41) is 8.91. The first kappa shape index (κ1) is 66.6. The summed E-state index contributed by atoms with van der Waals surface area (Å²) >= 11 is 0. The highest BCUT2D eigenvalue weighted by atomic mass is 32.2. The average molecular weight is 1290 g/mol. The van der Waals surface area contributed by atoms with Gasteiger partial charge in [-0.3, -0.25) is 18.5 Å². The van der Waals surface area contributed by atoms with Crippen LogP contribution in [-0.2, 0) is 75.4 Å². The van der Waals surface area contributed by atoms with Crippen LogP contribution >= 0.6 is 0 Å². The second kappa shape index (κ2) is 27.0. The Bertz CT molecular complexity index is 4300. The Morgan fingerprint density at radius 1 is 0.809 bits per heavy atom. The number of pyridine rings is 1. The van der Waals surface area contributed by atoms with E-state index in [2.05, 4.69) is 33.6 Å². The largest absolute Gasteiger partial charge is 0.370 e. The highest BCUT2D eigenvalue weighted by Crippen LogP contribution is 2.52. The van der Waals surface area contributed by atoms with E-state index in [1.165, 1.54) is 23.5 Å². The molecule has 5 N–H and O–H groups in total. The fraction of sp³-hybridized carbons (Fsp3) is 0.431. The molecule has 1 atom stereocenters. The normalized spacial score (nSPS) is 16.7. The van der Waals surface area contributed by atoms with Gasteiger partial charge < -0.3 is 15.5 Å². The van der Waals surface area contributed by atoms with Gasteiger partial charge in [-0.15, -0.1) is 0 Å². The summed E-state index contributed by atoms with van der Waals surface area (Å²) in [6.45, 7) is 13.2. The first-order valence-corrected chi connectivity index (χ1v) is 36.3. The van der Waals surface area contributed by atoms with E-state index in [4.69, 9.17) is 4.98 Å². The third kappa shape index (κ3) is 15.4. The predicted molar refractivity (Wildman–Crippen MR) is 349 cm³/mol. The number of aryl methyl sites for hydroxylation is 3. The van der Waals surface area contributed by atoms with Crippen molar-refractivity contribution in [2.24, 2.45) is 0 Å². The standard InChI is InChI=1S/C65H80N8O12S4/c1-44(49-42-67-45(2)68-43-49)19-11-8-9-12-22-54-48(39-47-20-16-33-66-63(47)70-54)41-69-60(74)26-17-34-71(7)88(81,82)57-23-15-21-52-51(57)30-32-56-61(52)64(3,4)58(72(56)35-18-37-86(75,76)77)24-13-10-14-25-59-65(5,6)62-53-40-50(89(83,84)85)29-27-46(53)28-31-55(62)73(59)36-38-87(78,79)80/h10,13-15,21,23-25,27-32,39-40,42-44H,8-9,11-12,16-20,22,26,33-38,41H2,1-7H3,(H4-,66,69,70,74,75,76,77,78,79,80,83,84,85)/p+1/t44-/m1/s1. The van der Waals surface area contributed by atoms with Gasteiger partial charge in [0.25, 0.3) is 30.4 Å². The van der Waals surface area contributed by atoms with E-state index in [1.807, 2.05) is 70.1 Å². The topological polar surface area (TPSA) is 287 Å². The van der Waals surface area contributed by atoms with Crippen molar-refractivity contribution in [3.63, 3.8) is 0 Å². The number of rotatable bonds is 27. The first-order chi connectivity index (χ1) is 42.0. The van der Waals surface area contributed by atoms with Gasteiger partial charge in [0.15, 0.2) is 12.3 Å². The molecule has 0 unspecified atom stereocenters. The zero-order valence-electron chi connectivity index (χ0n) is 51.5.